The first-order valence-corrected chi connectivity index (χ1v) is 9.04. The number of hydrogen-bond donors (Lipinski definition) is 2. The molecule has 118 valence electrons. The molecule has 1 saturated heterocycles. The van der Waals surface area contributed by atoms with Crippen molar-refractivity contribution in [1.29, 1.82) is 0 Å². The highest BCUT2D eigenvalue weighted by atomic mass is 32.2. The molecule has 5 unspecified atom stereocenters. The van der Waals surface area contributed by atoms with Gasteiger partial charge in [-0.05, 0) is 37.5 Å². The van der Waals surface area contributed by atoms with Crippen molar-refractivity contribution >= 4 is 23.8 Å². The van der Waals surface area contributed by atoms with Crippen LogP contribution in [0.15, 0.2) is 0 Å². The highest BCUT2D eigenvalue weighted by Gasteiger charge is 2.51. The third kappa shape index (κ3) is 2.87. The second kappa shape index (κ2) is 6.07. The summed E-state index contributed by atoms with van der Waals surface area (Å²) >= 11 is 1.93. The van der Waals surface area contributed by atoms with Crippen LogP contribution in [-0.2, 0) is 4.79 Å². The number of nitrogens with zero attached hydrogens (tertiary/aromatic N) is 1. The summed E-state index contributed by atoms with van der Waals surface area (Å²) < 4.78 is 0. The summed E-state index contributed by atoms with van der Waals surface area (Å²) in [5.74, 6) is 0.478. The first kappa shape index (κ1) is 15.0. The second-order valence-electron chi connectivity index (χ2n) is 6.52. The number of carboxylic acids is 1. The van der Waals surface area contributed by atoms with Gasteiger partial charge in [0.05, 0.1) is 5.92 Å². The van der Waals surface area contributed by atoms with E-state index in [1.54, 1.807) is 0 Å². The lowest BCUT2D eigenvalue weighted by Gasteiger charge is -2.35. The van der Waals surface area contributed by atoms with Gasteiger partial charge in [-0.2, -0.15) is 11.8 Å². The van der Waals surface area contributed by atoms with Gasteiger partial charge in [0.1, 0.15) is 0 Å². The normalized spacial score (nSPS) is 38.5. The first-order chi connectivity index (χ1) is 10.1. The molecule has 5 nitrogen and oxygen atoms in total. The summed E-state index contributed by atoms with van der Waals surface area (Å²) in [6.45, 7) is 3.70. The van der Waals surface area contributed by atoms with Gasteiger partial charge in [-0.1, -0.05) is 6.92 Å². The molecule has 2 amide bonds. The van der Waals surface area contributed by atoms with Crippen LogP contribution in [0.3, 0.4) is 0 Å². The van der Waals surface area contributed by atoms with E-state index in [0.29, 0.717) is 11.2 Å². The molecule has 0 aromatic heterocycles. The third-order valence-electron chi connectivity index (χ3n) is 5.37. The zero-order chi connectivity index (χ0) is 15.0. The van der Waals surface area contributed by atoms with Gasteiger partial charge in [-0.25, -0.2) is 4.79 Å². The molecule has 2 bridgehead atoms. The maximum absolute atomic E-state index is 12.5. The van der Waals surface area contributed by atoms with Crippen molar-refractivity contribution in [2.45, 2.75) is 43.9 Å². The highest BCUT2D eigenvalue weighted by Crippen LogP contribution is 2.48. The van der Waals surface area contributed by atoms with Gasteiger partial charge in [0.2, 0.25) is 0 Å². The van der Waals surface area contributed by atoms with Crippen LogP contribution in [0.5, 0.6) is 0 Å². The zero-order valence-electron chi connectivity index (χ0n) is 12.5. The van der Waals surface area contributed by atoms with Crippen LogP contribution >= 0.6 is 11.8 Å². The Morgan fingerprint density at radius 1 is 1.33 bits per heavy atom. The molecule has 2 saturated carbocycles. The number of thioether (sulfide) groups is 1. The number of hydrogen-bond acceptors (Lipinski definition) is 3. The third-order valence-corrected chi connectivity index (χ3v) is 6.75. The van der Waals surface area contributed by atoms with E-state index in [-0.39, 0.29) is 23.9 Å². The minimum absolute atomic E-state index is 0.0578. The second-order valence-corrected chi connectivity index (χ2v) is 7.93. The number of amides is 2. The zero-order valence-corrected chi connectivity index (χ0v) is 13.3. The fourth-order valence-corrected chi connectivity index (χ4v) is 5.42. The van der Waals surface area contributed by atoms with E-state index in [1.165, 1.54) is 0 Å². The van der Waals surface area contributed by atoms with E-state index in [4.69, 9.17) is 0 Å². The predicted molar refractivity (Wildman–Crippen MR) is 82.4 cm³/mol. The number of nitrogens with one attached hydrogen (secondary N) is 1. The Balaban J connectivity index is 1.62. The van der Waals surface area contributed by atoms with Gasteiger partial charge in [0.25, 0.3) is 0 Å². The van der Waals surface area contributed by atoms with Crippen molar-refractivity contribution in [3.63, 3.8) is 0 Å². The van der Waals surface area contributed by atoms with Crippen LogP contribution in [0.25, 0.3) is 0 Å². The van der Waals surface area contributed by atoms with Crippen molar-refractivity contribution in [2.75, 3.05) is 18.8 Å². The average molecular weight is 312 g/mol. The molecular formula is C15H24N2O3S. The number of rotatable bonds is 3. The van der Waals surface area contributed by atoms with Gasteiger partial charge >= 0.3 is 12.0 Å². The molecule has 6 heteroatoms. The number of fused-ring (bicyclic) bond motifs is 2. The molecule has 1 heterocycles. The molecule has 21 heavy (non-hydrogen) atoms. The van der Waals surface area contributed by atoms with E-state index in [2.05, 4.69) is 12.2 Å². The predicted octanol–water partition coefficient (Wildman–Crippen LogP) is 2.02. The molecule has 0 aromatic rings. The Hall–Kier alpha value is -0.910. The number of aliphatic carboxylic acids is 1. The quantitative estimate of drug-likeness (QED) is 0.836. The molecule has 3 aliphatic rings. The van der Waals surface area contributed by atoms with E-state index < -0.39 is 5.97 Å². The molecule has 2 N–H and O–H groups in total. The Bertz CT molecular complexity index is 431. The summed E-state index contributed by atoms with van der Waals surface area (Å²) in [6, 6.07) is -0.221. The lowest BCUT2D eigenvalue weighted by atomic mass is 9.84. The maximum Gasteiger partial charge on any atom is 0.317 e. The topological polar surface area (TPSA) is 69.6 Å². The van der Waals surface area contributed by atoms with Crippen molar-refractivity contribution in [1.82, 2.24) is 10.2 Å². The van der Waals surface area contributed by atoms with E-state index in [0.717, 1.165) is 44.5 Å². The molecule has 3 rings (SSSR count). The SMILES string of the molecule is CCC1CN(C(=O)NC2C3CCC(C3)C2C(=O)O)CCS1. The Labute approximate surface area is 129 Å². The molecule has 1 aliphatic heterocycles. The van der Waals surface area contributed by atoms with Crippen molar-refractivity contribution in [2.24, 2.45) is 17.8 Å². The van der Waals surface area contributed by atoms with E-state index in [1.807, 2.05) is 16.7 Å². The van der Waals surface area contributed by atoms with Crippen LogP contribution in [0, 0.1) is 17.8 Å². The van der Waals surface area contributed by atoms with Crippen LogP contribution in [0.2, 0.25) is 0 Å². The summed E-state index contributed by atoms with van der Waals surface area (Å²) in [6.07, 6.45) is 4.11. The van der Waals surface area contributed by atoms with Crippen LogP contribution in [0.4, 0.5) is 4.79 Å². The molecule has 0 aromatic carbocycles. The Morgan fingerprint density at radius 3 is 2.81 bits per heavy atom. The summed E-state index contributed by atoms with van der Waals surface area (Å²) in [7, 11) is 0. The summed E-state index contributed by atoms with van der Waals surface area (Å²) in [5, 5.41) is 13.0. The van der Waals surface area contributed by atoms with Gasteiger partial charge < -0.3 is 15.3 Å². The number of carboxylic acid groups (broad SMARTS) is 1. The Kier molecular flexibility index (Phi) is 4.33. The molecule has 3 fully saturated rings. The van der Waals surface area contributed by atoms with Crippen molar-refractivity contribution in [3.05, 3.63) is 0 Å². The molecule has 2 aliphatic carbocycles. The van der Waals surface area contributed by atoms with E-state index in [9.17, 15) is 14.7 Å². The fraction of sp³-hybridized carbons (Fsp3) is 0.867. The largest absolute Gasteiger partial charge is 0.481 e. The van der Waals surface area contributed by atoms with Crippen LogP contribution in [-0.4, -0.2) is 52.1 Å². The number of carbonyl (C=O) groups is 2. The smallest absolute Gasteiger partial charge is 0.317 e. The van der Waals surface area contributed by atoms with Crippen molar-refractivity contribution in [3.8, 4) is 0 Å². The maximum atomic E-state index is 12.5. The Morgan fingerprint density at radius 2 is 2.10 bits per heavy atom. The van der Waals surface area contributed by atoms with Gasteiger partial charge in [-0.15, -0.1) is 0 Å². The van der Waals surface area contributed by atoms with E-state index >= 15 is 0 Å². The van der Waals surface area contributed by atoms with Crippen LogP contribution in [0.1, 0.15) is 32.6 Å². The minimum Gasteiger partial charge on any atom is -0.481 e. The summed E-state index contributed by atoms with van der Waals surface area (Å²) in [4.78, 5) is 25.8. The summed E-state index contributed by atoms with van der Waals surface area (Å²) in [5.41, 5.74) is 0. The van der Waals surface area contributed by atoms with Gasteiger partial charge in [0, 0.05) is 30.1 Å². The lowest BCUT2D eigenvalue weighted by Crippen LogP contribution is -2.53. The monoisotopic (exact) mass is 312 g/mol. The minimum atomic E-state index is -0.742. The van der Waals surface area contributed by atoms with Crippen LogP contribution < -0.4 is 5.32 Å². The van der Waals surface area contributed by atoms with Crippen molar-refractivity contribution < 1.29 is 14.7 Å². The number of urea groups is 1. The highest BCUT2D eigenvalue weighted by molar-refractivity contribution is 8.00. The van der Waals surface area contributed by atoms with Gasteiger partial charge in [0.15, 0.2) is 0 Å². The lowest BCUT2D eigenvalue weighted by molar-refractivity contribution is -0.144. The average Bonchev–Trinajstić information content (AvgIpc) is 3.08. The fourth-order valence-electron chi connectivity index (χ4n) is 4.24. The standard InChI is InChI=1S/C15H24N2O3S/c1-2-11-8-17(5-6-21-11)15(20)16-13-10-4-3-9(7-10)12(13)14(18)19/h9-13H,2-8H2,1H3,(H,16,20)(H,18,19). The first-order valence-electron chi connectivity index (χ1n) is 8.00. The molecule has 0 spiro atoms. The molecular weight excluding hydrogens is 288 g/mol. The molecule has 5 atom stereocenters. The van der Waals surface area contributed by atoms with Gasteiger partial charge in [-0.3, -0.25) is 4.79 Å². The number of carbonyl (C=O) groups excluding carboxylic acids is 1. The molecule has 0 radical (unpaired) electrons.